The summed E-state index contributed by atoms with van der Waals surface area (Å²) in [5.41, 5.74) is 0.551. The highest BCUT2D eigenvalue weighted by Gasteiger charge is 2.33. The smallest absolute Gasteiger partial charge is 0.246 e. The summed E-state index contributed by atoms with van der Waals surface area (Å²) in [5.74, 6) is -0.0294. The number of benzene rings is 1. The van der Waals surface area contributed by atoms with Crippen LogP contribution in [0.15, 0.2) is 24.3 Å². The fourth-order valence-corrected chi connectivity index (χ4v) is 2.48. The van der Waals surface area contributed by atoms with Gasteiger partial charge in [-0.15, -0.1) is 11.8 Å². The molecule has 1 atom stereocenters. The van der Waals surface area contributed by atoms with Crippen molar-refractivity contribution in [3.8, 4) is 0 Å². The fourth-order valence-electron chi connectivity index (χ4n) is 1.52. The molecule has 16 heavy (non-hydrogen) atoms. The van der Waals surface area contributed by atoms with Crippen LogP contribution in [0, 0.1) is 0 Å². The van der Waals surface area contributed by atoms with Crippen molar-refractivity contribution in [2.45, 2.75) is 12.2 Å². The maximum Gasteiger partial charge on any atom is 0.246 e. The summed E-state index contributed by atoms with van der Waals surface area (Å²) in [6.07, 6.45) is 0. The lowest BCUT2D eigenvalue weighted by Crippen LogP contribution is -2.46. The van der Waals surface area contributed by atoms with Crippen LogP contribution in [0.4, 0.5) is 5.69 Å². The summed E-state index contributed by atoms with van der Waals surface area (Å²) in [7, 11) is 0. The second kappa shape index (κ2) is 4.47. The third-order valence-corrected chi connectivity index (χ3v) is 3.69. The number of nitrogens with zero attached hydrogens (tertiary/aromatic N) is 1. The SMILES string of the molecule is C[C@H]1SCC(=O)N(c2cccc(Cl)c2)C1=O. The molecule has 0 aliphatic carbocycles. The third-order valence-electron chi connectivity index (χ3n) is 2.34. The molecular weight excluding hydrogens is 246 g/mol. The molecule has 0 saturated carbocycles. The highest BCUT2D eigenvalue weighted by molar-refractivity contribution is 8.01. The molecule has 0 radical (unpaired) electrons. The minimum atomic E-state index is -0.185. The van der Waals surface area contributed by atoms with Crippen LogP contribution in [-0.2, 0) is 9.59 Å². The van der Waals surface area contributed by atoms with E-state index < -0.39 is 0 Å². The Hall–Kier alpha value is -1.00. The molecule has 0 aromatic heterocycles. The van der Waals surface area contributed by atoms with Gasteiger partial charge in [-0.25, -0.2) is 4.90 Å². The molecule has 1 saturated heterocycles. The molecule has 0 spiro atoms. The van der Waals surface area contributed by atoms with Crippen LogP contribution >= 0.6 is 23.4 Å². The van der Waals surface area contributed by atoms with Gasteiger partial charge in [-0.05, 0) is 25.1 Å². The Morgan fingerprint density at radius 1 is 1.44 bits per heavy atom. The van der Waals surface area contributed by atoms with E-state index in [0.29, 0.717) is 16.5 Å². The van der Waals surface area contributed by atoms with E-state index in [-0.39, 0.29) is 17.1 Å². The van der Waals surface area contributed by atoms with Crippen molar-refractivity contribution < 1.29 is 9.59 Å². The van der Waals surface area contributed by atoms with Crippen LogP contribution < -0.4 is 4.90 Å². The van der Waals surface area contributed by atoms with Gasteiger partial charge >= 0.3 is 0 Å². The highest BCUT2D eigenvalue weighted by atomic mass is 35.5. The van der Waals surface area contributed by atoms with Crippen molar-refractivity contribution in [2.75, 3.05) is 10.7 Å². The van der Waals surface area contributed by atoms with Gasteiger partial charge in [0.2, 0.25) is 11.8 Å². The number of rotatable bonds is 1. The maximum absolute atomic E-state index is 11.9. The molecule has 84 valence electrons. The lowest BCUT2D eigenvalue weighted by atomic mass is 10.2. The van der Waals surface area contributed by atoms with Gasteiger partial charge < -0.3 is 0 Å². The highest BCUT2D eigenvalue weighted by Crippen LogP contribution is 2.27. The molecule has 1 aromatic rings. The topological polar surface area (TPSA) is 37.4 Å². The number of amides is 2. The summed E-state index contributed by atoms with van der Waals surface area (Å²) >= 11 is 7.20. The molecular formula is C11H10ClNO2S. The normalized spacial score (nSPS) is 21.4. The van der Waals surface area contributed by atoms with Crippen molar-refractivity contribution in [2.24, 2.45) is 0 Å². The van der Waals surface area contributed by atoms with Gasteiger partial charge in [0.05, 0.1) is 16.7 Å². The van der Waals surface area contributed by atoms with E-state index in [2.05, 4.69) is 0 Å². The van der Waals surface area contributed by atoms with E-state index in [4.69, 9.17) is 11.6 Å². The maximum atomic E-state index is 11.9. The molecule has 5 heteroatoms. The molecule has 1 aliphatic heterocycles. The number of hydrogen-bond donors (Lipinski definition) is 0. The number of carbonyl (C=O) groups excluding carboxylic acids is 2. The molecule has 2 amide bonds. The van der Waals surface area contributed by atoms with Crippen LogP contribution in [0.2, 0.25) is 5.02 Å². The number of anilines is 1. The average molecular weight is 256 g/mol. The molecule has 2 rings (SSSR count). The molecule has 3 nitrogen and oxygen atoms in total. The molecule has 1 aromatic carbocycles. The van der Waals surface area contributed by atoms with Crippen molar-refractivity contribution in [1.82, 2.24) is 0 Å². The Bertz CT molecular complexity index is 449. The molecule has 0 unspecified atom stereocenters. The number of carbonyl (C=O) groups is 2. The predicted octanol–water partition coefficient (Wildman–Crippen LogP) is 2.33. The number of thioether (sulfide) groups is 1. The van der Waals surface area contributed by atoms with Crippen LogP contribution in [0.1, 0.15) is 6.92 Å². The van der Waals surface area contributed by atoms with E-state index in [1.165, 1.54) is 16.7 Å². The number of imide groups is 1. The molecule has 1 aliphatic rings. The van der Waals surface area contributed by atoms with Crippen LogP contribution in [-0.4, -0.2) is 22.8 Å². The van der Waals surface area contributed by atoms with Crippen molar-refractivity contribution in [1.29, 1.82) is 0 Å². The quantitative estimate of drug-likeness (QED) is 0.723. The molecule has 1 fully saturated rings. The predicted molar refractivity (Wildman–Crippen MR) is 65.9 cm³/mol. The zero-order valence-corrected chi connectivity index (χ0v) is 10.2. The summed E-state index contributed by atoms with van der Waals surface area (Å²) in [4.78, 5) is 24.8. The molecule has 0 N–H and O–H groups in total. The van der Waals surface area contributed by atoms with Crippen molar-refractivity contribution >= 4 is 40.9 Å². The van der Waals surface area contributed by atoms with Crippen LogP contribution in [0.25, 0.3) is 0 Å². The van der Waals surface area contributed by atoms with Gasteiger partial charge in [0.15, 0.2) is 0 Å². The summed E-state index contributed by atoms with van der Waals surface area (Å²) < 4.78 is 0. The van der Waals surface area contributed by atoms with E-state index in [1.54, 1.807) is 31.2 Å². The van der Waals surface area contributed by atoms with Gasteiger partial charge in [-0.2, -0.15) is 0 Å². The van der Waals surface area contributed by atoms with Gasteiger partial charge in [-0.1, -0.05) is 17.7 Å². The van der Waals surface area contributed by atoms with Crippen LogP contribution in [0.5, 0.6) is 0 Å². The minimum Gasteiger partial charge on any atom is -0.273 e. The first-order valence-corrected chi connectivity index (χ1v) is 6.26. The van der Waals surface area contributed by atoms with E-state index in [1.807, 2.05) is 0 Å². The monoisotopic (exact) mass is 255 g/mol. The van der Waals surface area contributed by atoms with Crippen LogP contribution in [0.3, 0.4) is 0 Å². The van der Waals surface area contributed by atoms with Crippen molar-refractivity contribution in [3.05, 3.63) is 29.3 Å². The van der Waals surface area contributed by atoms with Gasteiger partial charge in [0.1, 0.15) is 0 Å². The van der Waals surface area contributed by atoms with Gasteiger partial charge in [-0.3, -0.25) is 9.59 Å². The van der Waals surface area contributed by atoms with E-state index in [9.17, 15) is 9.59 Å². The average Bonchev–Trinajstić information content (AvgIpc) is 2.24. The summed E-state index contributed by atoms with van der Waals surface area (Å²) in [6, 6.07) is 6.78. The van der Waals surface area contributed by atoms with Crippen molar-refractivity contribution in [3.63, 3.8) is 0 Å². The first-order valence-electron chi connectivity index (χ1n) is 4.83. The minimum absolute atomic E-state index is 0.177. The first-order chi connectivity index (χ1) is 7.59. The second-order valence-corrected chi connectivity index (χ2v) is 5.27. The Morgan fingerprint density at radius 3 is 2.88 bits per heavy atom. The second-order valence-electron chi connectivity index (χ2n) is 3.50. The Balaban J connectivity index is 2.37. The number of hydrogen-bond acceptors (Lipinski definition) is 3. The van der Waals surface area contributed by atoms with Gasteiger partial charge in [0.25, 0.3) is 0 Å². The summed E-state index contributed by atoms with van der Waals surface area (Å²) in [5, 5.41) is 0.334. The Kier molecular flexibility index (Phi) is 3.21. The first kappa shape index (κ1) is 11.5. The Morgan fingerprint density at radius 2 is 2.19 bits per heavy atom. The van der Waals surface area contributed by atoms with E-state index >= 15 is 0 Å². The summed E-state index contributed by atoms with van der Waals surface area (Å²) in [6.45, 7) is 1.80. The van der Waals surface area contributed by atoms with Gasteiger partial charge in [0, 0.05) is 5.02 Å². The lowest BCUT2D eigenvalue weighted by Gasteiger charge is -2.28. The standard InChI is InChI=1S/C11H10ClNO2S/c1-7-11(15)13(10(14)6-16-7)9-4-2-3-8(12)5-9/h2-5,7H,6H2,1H3/t7-/m1/s1. The zero-order chi connectivity index (χ0) is 11.7. The third kappa shape index (κ3) is 2.08. The lowest BCUT2D eigenvalue weighted by molar-refractivity contribution is -0.125. The fraction of sp³-hybridized carbons (Fsp3) is 0.273. The largest absolute Gasteiger partial charge is 0.273 e. The Labute approximate surface area is 103 Å². The van der Waals surface area contributed by atoms with E-state index in [0.717, 1.165) is 0 Å². The zero-order valence-electron chi connectivity index (χ0n) is 8.64. The number of halogens is 1. The molecule has 1 heterocycles. The molecule has 0 bridgehead atoms.